The molecule has 0 bridgehead atoms. The lowest BCUT2D eigenvalue weighted by molar-refractivity contribution is -0.139. The molecule has 0 fully saturated rings. The van der Waals surface area contributed by atoms with Crippen molar-refractivity contribution in [3.8, 4) is 12.3 Å². The molecular weight excluding hydrogens is 162 g/mol. The topological polar surface area (TPSA) is 75.6 Å². The largest absolute Gasteiger partial charge is 0.480 e. The highest BCUT2D eigenvalue weighted by molar-refractivity contribution is 5.80. The minimum atomic E-state index is -1.18. The lowest BCUT2D eigenvalue weighted by Crippen LogP contribution is -2.40. The molecule has 0 spiro atoms. The van der Waals surface area contributed by atoms with Crippen molar-refractivity contribution < 1.29 is 19.4 Å². The quantitative estimate of drug-likeness (QED) is 0.577. The van der Waals surface area contributed by atoms with Gasteiger partial charge in [-0.25, -0.2) is 9.59 Å². The molecule has 2 N–H and O–H groups in total. The fraction of sp³-hybridized carbons (Fsp3) is 0.429. The number of carbonyl (C=O) groups is 2. The van der Waals surface area contributed by atoms with Gasteiger partial charge in [0, 0.05) is 6.42 Å². The third kappa shape index (κ3) is 3.46. The summed E-state index contributed by atoms with van der Waals surface area (Å²) < 4.78 is 4.20. The summed E-state index contributed by atoms with van der Waals surface area (Å²) in [6.07, 6.45) is 4.01. The molecular formula is C7H9NO4. The van der Waals surface area contributed by atoms with Gasteiger partial charge in [-0.15, -0.1) is 12.3 Å². The zero-order valence-electron chi connectivity index (χ0n) is 6.53. The Morgan fingerprint density at radius 2 is 2.33 bits per heavy atom. The molecule has 0 aromatic rings. The van der Waals surface area contributed by atoms with Gasteiger partial charge in [-0.05, 0) is 0 Å². The maximum absolute atomic E-state index is 10.5. The average molecular weight is 171 g/mol. The maximum Gasteiger partial charge on any atom is 0.407 e. The monoisotopic (exact) mass is 171 g/mol. The standard InChI is InChI=1S/C7H9NO4/c1-3-4-5(6(9)10)8-7(11)12-2/h1,5H,4H2,2H3,(H,8,11)(H,9,10)/t5-/m0/s1. The molecule has 0 aliphatic heterocycles. The Morgan fingerprint density at radius 3 is 2.67 bits per heavy atom. The summed E-state index contributed by atoms with van der Waals surface area (Å²) >= 11 is 0. The van der Waals surface area contributed by atoms with Crippen LogP contribution in [0.3, 0.4) is 0 Å². The van der Waals surface area contributed by atoms with E-state index < -0.39 is 18.1 Å². The summed E-state index contributed by atoms with van der Waals surface area (Å²) in [5.74, 6) is 0.945. The number of amides is 1. The Balaban J connectivity index is 4.06. The molecule has 5 nitrogen and oxygen atoms in total. The predicted molar refractivity (Wildman–Crippen MR) is 40.4 cm³/mol. The van der Waals surface area contributed by atoms with Crippen molar-refractivity contribution in [1.29, 1.82) is 0 Å². The fourth-order valence-electron chi connectivity index (χ4n) is 0.519. The van der Waals surface area contributed by atoms with Crippen LogP contribution in [0.15, 0.2) is 0 Å². The summed E-state index contributed by atoms with van der Waals surface area (Å²) in [6, 6.07) is -1.08. The van der Waals surface area contributed by atoms with Gasteiger partial charge in [0.1, 0.15) is 6.04 Å². The van der Waals surface area contributed by atoms with E-state index in [-0.39, 0.29) is 6.42 Å². The summed E-state index contributed by atoms with van der Waals surface area (Å²) in [5.41, 5.74) is 0. The normalized spacial score (nSPS) is 11.0. The minimum Gasteiger partial charge on any atom is -0.480 e. The number of carbonyl (C=O) groups excluding carboxylic acids is 1. The lowest BCUT2D eigenvalue weighted by atomic mass is 10.2. The van der Waals surface area contributed by atoms with Crippen molar-refractivity contribution in [3.05, 3.63) is 0 Å². The second-order valence-electron chi connectivity index (χ2n) is 1.93. The van der Waals surface area contributed by atoms with Crippen molar-refractivity contribution >= 4 is 12.1 Å². The number of terminal acetylenes is 1. The van der Waals surface area contributed by atoms with Crippen LogP contribution in [0.5, 0.6) is 0 Å². The number of methoxy groups -OCH3 is 1. The number of alkyl carbamates (subject to hydrolysis) is 1. The molecule has 0 aliphatic rings. The van der Waals surface area contributed by atoms with Crippen LogP contribution in [-0.4, -0.2) is 30.3 Å². The Labute approximate surface area is 69.7 Å². The van der Waals surface area contributed by atoms with Gasteiger partial charge < -0.3 is 15.2 Å². The zero-order valence-corrected chi connectivity index (χ0v) is 6.53. The first-order valence-electron chi connectivity index (χ1n) is 3.12. The summed E-state index contributed by atoms with van der Waals surface area (Å²) in [6.45, 7) is 0. The van der Waals surface area contributed by atoms with Crippen LogP contribution in [0.25, 0.3) is 0 Å². The molecule has 0 saturated heterocycles. The molecule has 66 valence electrons. The molecule has 0 heterocycles. The van der Waals surface area contributed by atoms with E-state index in [1.165, 1.54) is 0 Å². The Morgan fingerprint density at radius 1 is 1.75 bits per heavy atom. The molecule has 0 unspecified atom stereocenters. The van der Waals surface area contributed by atoms with Gasteiger partial charge in [-0.3, -0.25) is 0 Å². The van der Waals surface area contributed by atoms with Crippen molar-refractivity contribution in [1.82, 2.24) is 5.32 Å². The first kappa shape index (κ1) is 10.3. The SMILES string of the molecule is C#CC[C@H](NC(=O)OC)C(=O)O. The Kier molecular flexibility index (Phi) is 4.31. The van der Waals surface area contributed by atoms with E-state index >= 15 is 0 Å². The second kappa shape index (κ2) is 5.02. The van der Waals surface area contributed by atoms with Crippen LogP contribution in [-0.2, 0) is 9.53 Å². The van der Waals surface area contributed by atoms with E-state index in [4.69, 9.17) is 11.5 Å². The molecule has 12 heavy (non-hydrogen) atoms. The van der Waals surface area contributed by atoms with Gasteiger partial charge in [-0.2, -0.15) is 0 Å². The smallest absolute Gasteiger partial charge is 0.407 e. The number of hydrogen-bond acceptors (Lipinski definition) is 3. The zero-order chi connectivity index (χ0) is 9.56. The van der Waals surface area contributed by atoms with Gasteiger partial charge in [0.25, 0.3) is 0 Å². The summed E-state index contributed by atoms with van der Waals surface area (Å²) in [7, 11) is 1.14. The van der Waals surface area contributed by atoms with Crippen LogP contribution in [0.1, 0.15) is 6.42 Å². The minimum absolute atomic E-state index is 0.0650. The fourth-order valence-corrected chi connectivity index (χ4v) is 0.519. The highest BCUT2D eigenvalue weighted by Crippen LogP contribution is 1.90. The number of ether oxygens (including phenoxy) is 1. The van der Waals surface area contributed by atoms with Gasteiger partial charge in [0.05, 0.1) is 7.11 Å². The molecule has 1 amide bonds. The first-order chi connectivity index (χ1) is 5.61. The first-order valence-corrected chi connectivity index (χ1v) is 3.12. The molecule has 5 heteroatoms. The van der Waals surface area contributed by atoms with Crippen LogP contribution in [0.4, 0.5) is 4.79 Å². The maximum atomic E-state index is 10.5. The number of aliphatic carboxylic acids is 1. The second-order valence-corrected chi connectivity index (χ2v) is 1.93. The number of hydrogen-bond donors (Lipinski definition) is 2. The molecule has 0 radical (unpaired) electrons. The van der Waals surface area contributed by atoms with Crippen molar-refractivity contribution in [2.24, 2.45) is 0 Å². The third-order valence-corrected chi connectivity index (χ3v) is 1.10. The lowest BCUT2D eigenvalue weighted by Gasteiger charge is -2.09. The van der Waals surface area contributed by atoms with E-state index in [1.807, 2.05) is 0 Å². The molecule has 0 aromatic heterocycles. The third-order valence-electron chi connectivity index (χ3n) is 1.10. The molecule has 0 saturated carbocycles. The molecule has 0 aliphatic carbocycles. The van der Waals surface area contributed by atoms with Crippen LogP contribution >= 0.6 is 0 Å². The Hall–Kier alpha value is -1.70. The van der Waals surface area contributed by atoms with E-state index in [0.29, 0.717) is 0 Å². The number of carboxylic acids is 1. The van der Waals surface area contributed by atoms with Crippen molar-refractivity contribution in [2.45, 2.75) is 12.5 Å². The average Bonchev–Trinajstić information content (AvgIpc) is 2.03. The van der Waals surface area contributed by atoms with E-state index in [9.17, 15) is 9.59 Å². The molecule has 1 atom stereocenters. The van der Waals surface area contributed by atoms with Gasteiger partial charge in [0.2, 0.25) is 0 Å². The molecule has 0 rings (SSSR count). The Bertz CT molecular complexity index is 218. The van der Waals surface area contributed by atoms with Crippen LogP contribution < -0.4 is 5.32 Å². The number of carboxylic acid groups (broad SMARTS) is 1. The van der Waals surface area contributed by atoms with E-state index in [2.05, 4.69) is 16.0 Å². The highest BCUT2D eigenvalue weighted by Gasteiger charge is 2.18. The van der Waals surface area contributed by atoms with E-state index in [1.54, 1.807) is 0 Å². The summed E-state index contributed by atoms with van der Waals surface area (Å²) in [4.78, 5) is 20.9. The van der Waals surface area contributed by atoms with E-state index in [0.717, 1.165) is 7.11 Å². The molecule has 0 aromatic carbocycles. The number of nitrogens with one attached hydrogen (secondary N) is 1. The summed E-state index contributed by atoms with van der Waals surface area (Å²) in [5, 5.41) is 10.5. The van der Waals surface area contributed by atoms with Crippen LogP contribution in [0, 0.1) is 12.3 Å². The predicted octanol–water partition coefficient (Wildman–Crippen LogP) is -0.181. The van der Waals surface area contributed by atoms with Gasteiger partial charge >= 0.3 is 12.1 Å². The van der Waals surface area contributed by atoms with Gasteiger partial charge in [-0.1, -0.05) is 0 Å². The van der Waals surface area contributed by atoms with Crippen molar-refractivity contribution in [2.75, 3.05) is 7.11 Å². The van der Waals surface area contributed by atoms with Crippen molar-refractivity contribution in [3.63, 3.8) is 0 Å². The highest BCUT2D eigenvalue weighted by atomic mass is 16.5. The number of rotatable bonds is 3. The van der Waals surface area contributed by atoms with Gasteiger partial charge in [0.15, 0.2) is 0 Å². The van der Waals surface area contributed by atoms with Crippen LogP contribution in [0.2, 0.25) is 0 Å².